The average Bonchev–Trinajstić information content (AvgIpc) is 3.18. The molecule has 0 saturated heterocycles. The molecule has 0 radical (unpaired) electrons. The third-order valence-electron chi connectivity index (χ3n) is 4.23. The fourth-order valence-electron chi connectivity index (χ4n) is 3.01. The van der Waals surface area contributed by atoms with Crippen LogP contribution in [0, 0.1) is 19.7 Å². The molecule has 0 aliphatic heterocycles. The number of halogens is 1. The number of aryl methyl sites for hydroxylation is 2. The maximum Gasteiger partial charge on any atom is 0.251 e. The SMILES string of the molecule is Cc1cc(C)cc(C(=O)NCC(=O)NC(c2ccc(F)cc2)c2cccs2)c1. The smallest absolute Gasteiger partial charge is 0.251 e. The Morgan fingerprint density at radius 2 is 1.71 bits per heavy atom. The summed E-state index contributed by atoms with van der Waals surface area (Å²) in [5.41, 5.74) is 3.28. The number of benzene rings is 2. The maximum absolute atomic E-state index is 13.3. The number of carbonyl (C=O) groups excluding carboxylic acids is 2. The van der Waals surface area contributed by atoms with E-state index in [1.165, 1.54) is 23.5 Å². The summed E-state index contributed by atoms with van der Waals surface area (Å²) in [6.07, 6.45) is 0. The van der Waals surface area contributed by atoms with Gasteiger partial charge in [-0.3, -0.25) is 9.59 Å². The molecule has 6 heteroatoms. The molecule has 2 N–H and O–H groups in total. The van der Waals surface area contributed by atoms with Crippen molar-refractivity contribution in [1.82, 2.24) is 10.6 Å². The standard InChI is InChI=1S/C22H21FN2O2S/c1-14-10-15(2)12-17(11-14)22(27)24-13-20(26)25-21(19-4-3-9-28-19)16-5-7-18(23)8-6-16/h3-12,21H,13H2,1-2H3,(H,24,27)(H,25,26). The van der Waals surface area contributed by atoms with Crippen LogP contribution in [0.2, 0.25) is 0 Å². The van der Waals surface area contributed by atoms with Crippen LogP contribution in [0.3, 0.4) is 0 Å². The van der Waals surface area contributed by atoms with Crippen molar-refractivity contribution >= 4 is 23.2 Å². The zero-order valence-electron chi connectivity index (χ0n) is 15.7. The Morgan fingerprint density at radius 1 is 1.04 bits per heavy atom. The molecule has 1 unspecified atom stereocenters. The number of rotatable bonds is 6. The van der Waals surface area contributed by atoms with Crippen molar-refractivity contribution in [2.75, 3.05) is 6.54 Å². The maximum atomic E-state index is 13.3. The quantitative estimate of drug-likeness (QED) is 0.658. The van der Waals surface area contributed by atoms with Gasteiger partial charge in [-0.05, 0) is 55.1 Å². The second kappa shape index (κ2) is 8.80. The van der Waals surface area contributed by atoms with Gasteiger partial charge in [0.25, 0.3) is 5.91 Å². The zero-order chi connectivity index (χ0) is 20.1. The Kier molecular flexibility index (Phi) is 6.21. The van der Waals surface area contributed by atoms with Crippen molar-refractivity contribution in [2.45, 2.75) is 19.9 Å². The first-order valence-electron chi connectivity index (χ1n) is 8.87. The molecular weight excluding hydrogens is 375 g/mol. The highest BCUT2D eigenvalue weighted by atomic mass is 32.1. The first kappa shape index (κ1) is 19.8. The number of hydrogen-bond acceptors (Lipinski definition) is 3. The number of hydrogen-bond donors (Lipinski definition) is 2. The molecule has 1 aromatic heterocycles. The highest BCUT2D eigenvalue weighted by molar-refractivity contribution is 7.10. The van der Waals surface area contributed by atoms with Gasteiger partial charge < -0.3 is 10.6 Å². The minimum atomic E-state index is -0.397. The van der Waals surface area contributed by atoms with Crippen molar-refractivity contribution < 1.29 is 14.0 Å². The van der Waals surface area contributed by atoms with Crippen molar-refractivity contribution in [3.63, 3.8) is 0 Å². The van der Waals surface area contributed by atoms with Crippen LogP contribution in [0.15, 0.2) is 60.0 Å². The number of carbonyl (C=O) groups is 2. The van der Waals surface area contributed by atoms with E-state index in [1.54, 1.807) is 24.3 Å². The lowest BCUT2D eigenvalue weighted by atomic mass is 10.1. The second-order valence-electron chi connectivity index (χ2n) is 6.63. The van der Waals surface area contributed by atoms with Gasteiger partial charge in [0.2, 0.25) is 5.91 Å². The van der Waals surface area contributed by atoms with Crippen LogP contribution in [-0.4, -0.2) is 18.4 Å². The number of amides is 2. The monoisotopic (exact) mass is 396 g/mol. The van der Waals surface area contributed by atoms with Gasteiger partial charge in [0, 0.05) is 10.4 Å². The summed E-state index contributed by atoms with van der Waals surface area (Å²) in [5, 5.41) is 7.49. The van der Waals surface area contributed by atoms with E-state index in [-0.39, 0.29) is 24.2 Å². The van der Waals surface area contributed by atoms with Crippen LogP contribution in [0.25, 0.3) is 0 Å². The van der Waals surface area contributed by atoms with Crippen LogP contribution in [0.5, 0.6) is 0 Å². The second-order valence-corrected chi connectivity index (χ2v) is 7.61. The van der Waals surface area contributed by atoms with E-state index in [2.05, 4.69) is 10.6 Å². The topological polar surface area (TPSA) is 58.2 Å². The van der Waals surface area contributed by atoms with E-state index < -0.39 is 6.04 Å². The molecule has 0 saturated carbocycles. The molecule has 4 nitrogen and oxygen atoms in total. The summed E-state index contributed by atoms with van der Waals surface area (Å²) in [4.78, 5) is 25.7. The van der Waals surface area contributed by atoms with Gasteiger partial charge in [0.1, 0.15) is 5.82 Å². The van der Waals surface area contributed by atoms with E-state index in [0.29, 0.717) is 5.56 Å². The van der Waals surface area contributed by atoms with Crippen LogP contribution in [0.1, 0.15) is 38.0 Å². The highest BCUT2D eigenvalue weighted by Crippen LogP contribution is 2.26. The minimum absolute atomic E-state index is 0.144. The molecule has 0 aliphatic carbocycles. The molecule has 2 amide bonds. The predicted octanol–water partition coefficient (Wildman–Crippen LogP) is 4.14. The molecule has 144 valence electrons. The lowest BCUT2D eigenvalue weighted by Crippen LogP contribution is -2.38. The third-order valence-corrected chi connectivity index (χ3v) is 5.17. The third kappa shape index (κ3) is 5.04. The predicted molar refractivity (Wildman–Crippen MR) is 109 cm³/mol. The summed E-state index contributed by atoms with van der Waals surface area (Å²) in [7, 11) is 0. The lowest BCUT2D eigenvalue weighted by Gasteiger charge is -2.18. The van der Waals surface area contributed by atoms with Gasteiger partial charge in [0.15, 0.2) is 0 Å². The fourth-order valence-corrected chi connectivity index (χ4v) is 3.81. The molecule has 28 heavy (non-hydrogen) atoms. The summed E-state index contributed by atoms with van der Waals surface area (Å²) in [6.45, 7) is 3.70. The highest BCUT2D eigenvalue weighted by Gasteiger charge is 2.18. The molecule has 3 rings (SSSR count). The van der Waals surface area contributed by atoms with E-state index >= 15 is 0 Å². The van der Waals surface area contributed by atoms with Crippen LogP contribution in [0.4, 0.5) is 4.39 Å². The Morgan fingerprint density at radius 3 is 2.32 bits per heavy atom. The van der Waals surface area contributed by atoms with Gasteiger partial charge in [0.05, 0.1) is 12.6 Å². The zero-order valence-corrected chi connectivity index (χ0v) is 16.5. The number of thiophene rings is 1. The first-order chi connectivity index (χ1) is 13.4. The Hall–Kier alpha value is -2.99. The normalized spacial score (nSPS) is 11.7. The van der Waals surface area contributed by atoms with Crippen LogP contribution >= 0.6 is 11.3 Å². The van der Waals surface area contributed by atoms with Crippen LogP contribution in [-0.2, 0) is 4.79 Å². The molecule has 1 heterocycles. The van der Waals surface area contributed by atoms with Gasteiger partial charge >= 0.3 is 0 Å². The van der Waals surface area contributed by atoms with E-state index in [4.69, 9.17) is 0 Å². The van der Waals surface area contributed by atoms with Gasteiger partial charge in [-0.1, -0.05) is 35.4 Å². The van der Waals surface area contributed by atoms with Crippen molar-refractivity contribution in [1.29, 1.82) is 0 Å². The van der Waals surface area contributed by atoms with Crippen molar-refractivity contribution in [3.8, 4) is 0 Å². The largest absolute Gasteiger partial charge is 0.343 e. The van der Waals surface area contributed by atoms with Crippen molar-refractivity contribution in [2.24, 2.45) is 0 Å². The van der Waals surface area contributed by atoms with Gasteiger partial charge in [-0.15, -0.1) is 11.3 Å². The molecule has 0 bridgehead atoms. The van der Waals surface area contributed by atoms with E-state index in [9.17, 15) is 14.0 Å². The van der Waals surface area contributed by atoms with E-state index in [0.717, 1.165) is 21.6 Å². The lowest BCUT2D eigenvalue weighted by molar-refractivity contribution is -0.120. The summed E-state index contributed by atoms with van der Waals surface area (Å²) in [5.74, 6) is -0.947. The first-order valence-corrected chi connectivity index (χ1v) is 9.75. The summed E-state index contributed by atoms with van der Waals surface area (Å²) < 4.78 is 13.3. The molecule has 1 atom stereocenters. The Balaban J connectivity index is 1.67. The molecular formula is C22H21FN2O2S. The van der Waals surface area contributed by atoms with Gasteiger partial charge in [-0.2, -0.15) is 0 Å². The minimum Gasteiger partial charge on any atom is -0.343 e. The molecule has 3 aromatic rings. The van der Waals surface area contributed by atoms with Gasteiger partial charge in [-0.25, -0.2) is 4.39 Å². The molecule has 2 aromatic carbocycles. The van der Waals surface area contributed by atoms with Crippen LogP contribution < -0.4 is 10.6 Å². The summed E-state index contributed by atoms with van der Waals surface area (Å²) >= 11 is 1.50. The number of nitrogens with one attached hydrogen (secondary N) is 2. The van der Waals surface area contributed by atoms with Crippen molar-refractivity contribution in [3.05, 3.63) is 92.9 Å². The Labute approximate surface area is 167 Å². The molecule has 0 spiro atoms. The fraction of sp³-hybridized carbons (Fsp3) is 0.182. The van der Waals surface area contributed by atoms with E-state index in [1.807, 2.05) is 37.4 Å². The molecule has 0 aliphatic rings. The molecule has 0 fully saturated rings. The average molecular weight is 396 g/mol. The summed E-state index contributed by atoms with van der Waals surface area (Å²) in [6, 6.07) is 15.0. The Bertz CT molecular complexity index is 948.